The number of hydrogen-bond donors (Lipinski definition) is 2. The molecular formula is C13H32N2O. The molecule has 16 heavy (non-hydrogen) atoms. The van der Waals surface area contributed by atoms with Crippen molar-refractivity contribution in [2.45, 2.75) is 59.3 Å². The molecule has 0 aliphatic heterocycles. The van der Waals surface area contributed by atoms with Crippen molar-refractivity contribution in [1.82, 2.24) is 5.32 Å². The molecular weight excluding hydrogens is 200 g/mol. The van der Waals surface area contributed by atoms with Crippen LogP contribution in [0, 0.1) is 0 Å². The average Bonchev–Trinajstić information content (AvgIpc) is 2.32. The highest BCUT2D eigenvalue weighted by Gasteiger charge is 1.88. The SMILES string of the molecule is CC.CC=O.CNCCCCCCCCN. The molecule has 0 fully saturated rings. The molecule has 0 amide bonds. The van der Waals surface area contributed by atoms with Gasteiger partial charge in [-0.25, -0.2) is 0 Å². The van der Waals surface area contributed by atoms with Crippen LogP contribution in [-0.4, -0.2) is 26.4 Å². The minimum absolute atomic E-state index is 0.750. The quantitative estimate of drug-likeness (QED) is 0.500. The molecule has 3 N–H and O–H groups in total. The topological polar surface area (TPSA) is 55.1 Å². The van der Waals surface area contributed by atoms with E-state index in [4.69, 9.17) is 10.5 Å². The Hall–Kier alpha value is -0.410. The maximum atomic E-state index is 8.81. The first kappa shape index (κ1) is 20.9. The number of carbonyl (C=O) groups excluding carboxylic acids is 1. The van der Waals surface area contributed by atoms with E-state index in [9.17, 15) is 0 Å². The van der Waals surface area contributed by atoms with Crippen molar-refractivity contribution in [3.63, 3.8) is 0 Å². The van der Waals surface area contributed by atoms with Crippen molar-refractivity contribution < 1.29 is 4.79 Å². The van der Waals surface area contributed by atoms with Gasteiger partial charge >= 0.3 is 0 Å². The van der Waals surface area contributed by atoms with Crippen LogP contribution in [0.25, 0.3) is 0 Å². The molecule has 0 radical (unpaired) electrons. The van der Waals surface area contributed by atoms with Gasteiger partial charge in [0.2, 0.25) is 0 Å². The zero-order valence-electron chi connectivity index (χ0n) is 11.7. The first-order valence-electron chi connectivity index (χ1n) is 6.57. The van der Waals surface area contributed by atoms with Crippen LogP contribution < -0.4 is 11.1 Å². The summed E-state index contributed by atoms with van der Waals surface area (Å²) in [5.41, 5.74) is 5.38. The molecule has 0 saturated heterocycles. The van der Waals surface area contributed by atoms with Gasteiger partial charge in [0.15, 0.2) is 0 Å². The molecule has 0 aliphatic carbocycles. The van der Waals surface area contributed by atoms with Crippen LogP contribution in [0.5, 0.6) is 0 Å². The highest BCUT2D eigenvalue weighted by atomic mass is 16.1. The predicted octanol–water partition coefficient (Wildman–Crippen LogP) is 2.74. The molecule has 0 aliphatic rings. The molecule has 0 saturated carbocycles. The second kappa shape index (κ2) is 29.3. The molecule has 3 nitrogen and oxygen atoms in total. The highest BCUT2D eigenvalue weighted by Crippen LogP contribution is 2.03. The predicted molar refractivity (Wildman–Crippen MR) is 73.8 cm³/mol. The molecule has 0 rings (SSSR count). The molecule has 0 bridgehead atoms. The summed E-state index contributed by atoms with van der Waals surface area (Å²) < 4.78 is 0. The largest absolute Gasteiger partial charge is 0.330 e. The Morgan fingerprint density at radius 1 is 1.00 bits per heavy atom. The zero-order valence-corrected chi connectivity index (χ0v) is 11.7. The third kappa shape index (κ3) is 37.4. The second-order valence-electron chi connectivity index (χ2n) is 3.25. The van der Waals surface area contributed by atoms with Crippen LogP contribution in [0.4, 0.5) is 0 Å². The number of nitrogens with two attached hydrogens (primary N) is 1. The van der Waals surface area contributed by atoms with Crippen molar-refractivity contribution in [2.24, 2.45) is 5.73 Å². The van der Waals surface area contributed by atoms with E-state index in [2.05, 4.69) is 5.32 Å². The minimum atomic E-state index is 0.750. The van der Waals surface area contributed by atoms with Crippen molar-refractivity contribution in [3.05, 3.63) is 0 Å². The summed E-state index contributed by atoms with van der Waals surface area (Å²) >= 11 is 0. The number of aldehydes is 1. The van der Waals surface area contributed by atoms with Gasteiger partial charge in [-0.05, 0) is 39.9 Å². The van der Waals surface area contributed by atoms with E-state index in [1.54, 1.807) is 0 Å². The Morgan fingerprint density at radius 3 is 1.75 bits per heavy atom. The molecule has 0 aromatic rings. The molecule has 0 unspecified atom stereocenters. The molecule has 0 atom stereocenters. The van der Waals surface area contributed by atoms with Crippen molar-refractivity contribution in [3.8, 4) is 0 Å². The van der Waals surface area contributed by atoms with Crippen molar-refractivity contribution in [1.29, 1.82) is 0 Å². The number of unbranched alkanes of at least 4 members (excludes halogenated alkanes) is 5. The lowest BCUT2D eigenvalue weighted by Crippen LogP contribution is -2.06. The first-order chi connectivity index (χ1) is 7.83. The van der Waals surface area contributed by atoms with Crippen molar-refractivity contribution in [2.75, 3.05) is 20.1 Å². The summed E-state index contributed by atoms with van der Waals surface area (Å²) in [5.74, 6) is 0. The van der Waals surface area contributed by atoms with Crippen LogP contribution in [0.1, 0.15) is 59.3 Å². The lowest BCUT2D eigenvalue weighted by atomic mass is 10.1. The lowest BCUT2D eigenvalue weighted by molar-refractivity contribution is -0.106. The Bertz CT molecular complexity index is 89.9. The minimum Gasteiger partial charge on any atom is -0.330 e. The van der Waals surface area contributed by atoms with E-state index in [-0.39, 0.29) is 0 Å². The van der Waals surface area contributed by atoms with Gasteiger partial charge in [-0.1, -0.05) is 39.5 Å². The fraction of sp³-hybridized carbons (Fsp3) is 0.923. The summed E-state index contributed by atoms with van der Waals surface area (Å²) in [6, 6.07) is 0. The fourth-order valence-electron chi connectivity index (χ4n) is 1.15. The Labute approximate surface area is 102 Å². The van der Waals surface area contributed by atoms with Crippen LogP contribution >= 0.6 is 0 Å². The second-order valence-corrected chi connectivity index (χ2v) is 3.25. The Balaban J connectivity index is -0.000000289. The van der Waals surface area contributed by atoms with Gasteiger partial charge in [0.1, 0.15) is 6.29 Å². The lowest BCUT2D eigenvalue weighted by Gasteiger charge is -1.99. The molecule has 0 aromatic heterocycles. The van der Waals surface area contributed by atoms with E-state index in [1.165, 1.54) is 45.4 Å². The van der Waals surface area contributed by atoms with Crippen molar-refractivity contribution >= 4 is 6.29 Å². The number of hydrogen-bond acceptors (Lipinski definition) is 3. The molecule has 0 heterocycles. The van der Waals surface area contributed by atoms with Crippen LogP contribution in [0.2, 0.25) is 0 Å². The summed E-state index contributed by atoms with van der Waals surface area (Å²) in [4.78, 5) is 8.81. The maximum Gasteiger partial charge on any atom is 0.116 e. The average molecular weight is 232 g/mol. The monoisotopic (exact) mass is 232 g/mol. The van der Waals surface area contributed by atoms with E-state index in [0.717, 1.165) is 19.4 Å². The van der Waals surface area contributed by atoms with Gasteiger partial charge in [0, 0.05) is 0 Å². The summed E-state index contributed by atoms with van der Waals surface area (Å²) in [5, 5.41) is 3.15. The summed E-state index contributed by atoms with van der Waals surface area (Å²) in [6.45, 7) is 7.47. The van der Waals surface area contributed by atoms with Crippen LogP contribution in [-0.2, 0) is 4.79 Å². The van der Waals surface area contributed by atoms with Gasteiger partial charge in [-0.2, -0.15) is 0 Å². The molecule has 3 heteroatoms. The molecule has 0 spiro atoms. The van der Waals surface area contributed by atoms with Gasteiger partial charge in [-0.3, -0.25) is 0 Å². The Morgan fingerprint density at radius 2 is 1.38 bits per heavy atom. The number of nitrogens with one attached hydrogen (secondary N) is 1. The van der Waals surface area contributed by atoms with E-state index in [0.29, 0.717) is 0 Å². The van der Waals surface area contributed by atoms with Gasteiger partial charge in [0.25, 0.3) is 0 Å². The first-order valence-corrected chi connectivity index (χ1v) is 6.57. The smallest absolute Gasteiger partial charge is 0.116 e. The van der Waals surface area contributed by atoms with Crippen LogP contribution in [0.15, 0.2) is 0 Å². The molecule has 0 aromatic carbocycles. The van der Waals surface area contributed by atoms with Gasteiger partial charge < -0.3 is 15.8 Å². The van der Waals surface area contributed by atoms with E-state index in [1.807, 2.05) is 20.9 Å². The standard InChI is InChI=1S/C9H22N2.C2H4O.C2H6/c1-11-9-7-5-3-2-4-6-8-10;1-2-3;1-2/h11H,2-10H2,1H3;2H,1H3;1-2H3. The number of rotatable bonds is 8. The van der Waals surface area contributed by atoms with Gasteiger partial charge in [-0.15, -0.1) is 0 Å². The molecule has 100 valence electrons. The highest BCUT2D eigenvalue weighted by molar-refractivity contribution is 5.44. The van der Waals surface area contributed by atoms with Crippen LogP contribution in [0.3, 0.4) is 0 Å². The van der Waals surface area contributed by atoms with E-state index >= 15 is 0 Å². The Kier molecular flexibility index (Phi) is 38.3. The van der Waals surface area contributed by atoms with Gasteiger partial charge in [0.05, 0.1) is 0 Å². The zero-order chi connectivity index (χ0) is 13.1. The normalized spacial score (nSPS) is 8.31. The maximum absolute atomic E-state index is 8.81. The third-order valence-corrected chi connectivity index (χ3v) is 1.88. The fourth-order valence-corrected chi connectivity index (χ4v) is 1.15. The number of carbonyl (C=O) groups is 1. The summed E-state index contributed by atoms with van der Waals surface area (Å²) in [6.07, 6.45) is 8.69. The van der Waals surface area contributed by atoms with E-state index < -0.39 is 0 Å². The third-order valence-electron chi connectivity index (χ3n) is 1.88. The summed E-state index contributed by atoms with van der Waals surface area (Å²) in [7, 11) is 2.01.